The molecule has 0 N–H and O–H groups in total. The highest BCUT2D eigenvalue weighted by Crippen LogP contribution is 2.33. The maximum atomic E-state index is 13.7. The van der Waals surface area contributed by atoms with Gasteiger partial charge < -0.3 is 4.74 Å². The van der Waals surface area contributed by atoms with Gasteiger partial charge in [-0.15, -0.1) is 0 Å². The smallest absolute Gasteiger partial charge is 0.260 e. The molecule has 0 aliphatic carbocycles. The van der Waals surface area contributed by atoms with Gasteiger partial charge in [0.15, 0.2) is 5.13 Å². The van der Waals surface area contributed by atoms with Gasteiger partial charge >= 0.3 is 0 Å². The number of carbonyl (C=O) groups is 1. The Hall–Kier alpha value is -3.34. The molecule has 0 spiro atoms. The van der Waals surface area contributed by atoms with Crippen molar-refractivity contribution in [3.05, 3.63) is 78.1 Å². The van der Waals surface area contributed by atoms with Gasteiger partial charge in [0, 0.05) is 30.9 Å². The number of fused-ring (bicyclic) bond motifs is 1. The molecule has 1 saturated heterocycles. The third kappa shape index (κ3) is 4.97. The van der Waals surface area contributed by atoms with Gasteiger partial charge in [0.25, 0.3) is 5.91 Å². The van der Waals surface area contributed by atoms with Gasteiger partial charge in [-0.1, -0.05) is 23.8 Å². The highest BCUT2D eigenvalue weighted by atomic mass is 32.2. The van der Waals surface area contributed by atoms with Gasteiger partial charge in [-0.25, -0.2) is 13.4 Å². The molecule has 186 valence electrons. The van der Waals surface area contributed by atoms with Crippen molar-refractivity contribution < 1.29 is 17.9 Å². The minimum Gasteiger partial charge on any atom is -0.497 e. The Morgan fingerprint density at radius 1 is 1.06 bits per heavy atom. The lowest BCUT2D eigenvalue weighted by Crippen LogP contribution is -2.35. The normalized spacial score (nSPS) is 14.6. The predicted octanol–water partition coefficient (Wildman–Crippen LogP) is 4.72. The quantitative estimate of drug-likeness (QED) is 0.349. The molecule has 10 heteroatoms. The Morgan fingerprint density at radius 2 is 1.83 bits per heavy atom. The molecule has 0 saturated carbocycles. The molecule has 2 aromatic heterocycles. The van der Waals surface area contributed by atoms with Crippen LogP contribution in [0.5, 0.6) is 5.75 Å². The third-order valence-electron chi connectivity index (χ3n) is 6.16. The van der Waals surface area contributed by atoms with E-state index in [-0.39, 0.29) is 17.3 Å². The zero-order valence-electron chi connectivity index (χ0n) is 19.8. The molecular weight excluding hydrogens is 496 g/mol. The number of sulfonamides is 1. The first kappa shape index (κ1) is 24.4. The molecule has 3 heterocycles. The number of nitrogens with zero attached hydrogens (tertiary/aromatic N) is 4. The van der Waals surface area contributed by atoms with Crippen LogP contribution in [0.25, 0.3) is 10.2 Å². The average Bonchev–Trinajstić information content (AvgIpc) is 3.35. The number of piperidine rings is 1. The lowest BCUT2D eigenvalue weighted by Gasteiger charge is -2.26. The van der Waals surface area contributed by atoms with Crippen molar-refractivity contribution in [2.45, 2.75) is 30.7 Å². The maximum Gasteiger partial charge on any atom is 0.260 e. The van der Waals surface area contributed by atoms with Gasteiger partial charge in [0.2, 0.25) is 10.0 Å². The average molecular weight is 523 g/mol. The Morgan fingerprint density at radius 3 is 2.53 bits per heavy atom. The molecule has 2 aromatic carbocycles. The zero-order valence-corrected chi connectivity index (χ0v) is 21.5. The summed E-state index contributed by atoms with van der Waals surface area (Å²) >= 11 is 1.40. The van der Waals surface area contributed by atoms with Crippen molar-refractivity contribution in [2.75, 3.05) is 25.1 Å². The van der Waals surface area contributed by atoms with Crippen molar-refractivity contribution >= 4 is 42.6 Å². The number of hydrogen-bond donors (Lipinski definition) is 0. The fourth-order valence-corrected chi connectivity index (χ4v) is 6.66. The summed E-state index contributed by atoms with van der Waals surface area (Å²) in [6, 6.07) is 17.3. The number of pyridine rings is 1. The van der Waals surface area contributed by atoms with Crippen molar-refractivity contribution in [3.8, 4) is 5.75 Å². The van der Waals surface area contributed by atoms with Gasteiger partial charge in [-0.2, -0.15) is 4.31 Å². The molecule has 1 amide bonds. The molecule has 0 radical (unpaired) electrons. The fraction of sp³-hybridized carbons (Fsp3) is 0.269. The Labute approximate surface area is 214 Å². The number of ether oxygens (including phenoxy) is 1. The molecule has 4 aromatic rings. The summed E-state index contributed by atoms with van der Waals surface area (Å²) in [6.45, 7) is 1.29. The first-order valence-electron chi connectivity index (χ1n) is 11.7. The van der Waals surface area contributed by atoms with E-state index in [9.17, 15) is 13.2 Å². The maximum absolute atomic E-state index is 13.7. The van der Waals surface area contributed by atoms with E-state index in [0.717, 1.165) is 29.5 Å². The monoisotopic (exact) mass is 522 g/mol. The molecule has 1 aliphatic heterocycles. The van der Waals surface area contributed by atoms with Crippen LogP contribution in [0.4, 0.5) is 5.13 Å². The molecule has 5 rings (SSSR count). The lowest BCUT2D eigenvalue weighted by molar-refractivity contribution is 0.0984. The van der Waals surface area contributed by atoms with Crippen LogP contribution in [0.2, 0.25) is 0 Å². The number of rotatable bonds is 7. The number of carbonyl (C=O) groups excluding carboxylic acids is 1. The van der Waals surface area contributed by atoms with Crippen LogP contribution in [0.1, 0.15) is 35.3 Å². The second-order valence-electron chi connectivity index (χ2n) is 8.53. The van der Waals surface area contributed by atoms with Crippen LogP contribution in [-0.2, 0) is 16.6 Å². The Kier molecular flexibility index (Phi) is 6.99. The second-order valence-corrected chi connectivity index (χ2v) is 11.5. The summed E-state index contributed by atoms with van der Waals surface area (Å²) < 4.78 is 33.8. The molecule has 1 fully saturated rings. The van der Waals surface area contributed by atoms with E-state index in [1.165, 1.54) is 27.8 Å². The van der Waals surface area contributed by atoms with Crippen LogP contribution in [0.15, 0.2) is 71.8 Å². The van der Waals surface area contributed by atoms with E-state index in [2.05, 4.69) is 4.98 Å². The number of thiazole rings is 1. The van der Waals surface area contributed by atoms with Crippen LogP contribution in [0, 0.1) is 0 Å². The summed E-state index contributed by atoms with van der Waals surface area (Å²) in [6.07, 6.45) is 4.46. The molecule has 36 heavy (non-hydrogen) atoms. The summed E-state index contributed by atoms with van der Waals surface area (Å²) in [7, 11) is -1.98. The van der Waals surface area contributed by atoms with E-state index in [4.69, 9.17) is 9.72 Å². The van der Waals surface area contributed by atoms with Crippen molar-refractivity contribution in [2.24, 2.45) is 0 Å². The van der Waals surface area contributed by atoms with Gasteiger partial charge in [-0.05, 0) is 61.4 Å². The predicted molar refractivity (Wildman–Crippen MR) is 140 cm³/mol. The summed E-state index contributed by atoms with van der Waals surface area (Å²) in [4.78, 5) is 24.5. The van der Waals surface area contributed by atoms with Crippen LogP contribution < -0.4 is 9.64 Å². The summed E-state index contributed by atoms with van der Waals surface area (Å²) in [5, 5.41) is 0.527. The van der Waals surface area contributed by atoms with Crippen LogP contribution in [0.3, 0.4) is 0 Å². The molecule has 0 atom stereocenters. The largest absolute Gasteiger partial charge is 0.497 e. The Bertz CT molecular complexity index is 1470. The third-order valence-corrected chi connectivity index (χ3v) is 9.13. The standard InChI is InChI=1S/C26H26N4O4S2/c1-34-21-10-13-24-23(17-21)28-26(35-24)30(18-20-7-3-4-14-27-20)25(31)19-8-11-22(12-9-19)36(32,33)29-15-5-2-6-16-29/h3-4,7-14,17H,2,5-6,15-16,18H2,1H3. The van der Waals surface area contributed by atoms with E-state index >= 15 is 0 Å². The van der Waals surface area contributed by atoms with Gasteiger partial charge in [0.1, 0.15) is 5.75 Å². The molecule has 0 unspecified atom stereocenters. The van der Waals surface area contributed by atoms with Crippen molar-refractivity contribution in [1.82, 2.24) is 14.3 Å². The zero-order chi connectivity index (χ0) is 25.1. The second kappa shape index (κ2) is 10.3. The minimum absolute atomic E-state index is 0.198. The molecule has 1 aliphatic rings. The number of aromatic nitrogens is 2. The van der Waals surface area contributed by atoms with Crippen LogP contribution >= 0.6 is 11.3 Å². The van der Waals surface area contributed by atoms with Crippen LogP contribution in [-0.4, -0.2) is 48.8 Å². The summed E-state index contributed by atoms with van der Waals surface area (Å²) in [5.74, 6) is 0.404. The minimum atomic E-state index is -3.57. The number of hydrogen-bond acceptors (Lipinski definition) is 7. The first-order chi connectivity index (χ1) is 17.5. The van der Waals surface area contributed by atoms with Gasteiger partial charge in [-0.3, -0.25) is 14.7 Å². The lowest BCUT2D eigenvalue weighted by atomic mass is 10.2. The summed E-state index contributed by atoms with van der Waals surface area (Å²) in [5.41, 5.74) is 1.82. The van der Waals surface area contributed by atoms with E-state index in [1.807, 2.05) is 36.4 Å². The van der Waals surface area contributed by atoms with Crippen molar-refractivity contribution in [1.29, 1.82) is 0 Å². The highest BCUT2D eigenvalue weighted by Gasteiger charge is 2.27. The van der Waals surface area contributed by atoms with E-state index < -0.39 is 10.0 Å². The van der Waals surface area contributed by atoms with Crippen molar-refractivity contribution in [3.63, 3.8) is 0 Å². The Balaban J connectivity index is 1.47. The number of methoxy groups -OCH3 is 1. The number of anilines is 1. The fourth-order valence-electron chi connectivity index (χ4n) is 4.20. The SMILES string of the molecule is COc1ccc2sc(N(Cc3ccccn3)C(=O)c3ccc(S(=O)(=O)N4CCCCC4)cc3)nc2c1. The highest BCUT2D eigenvalue weighted by molar-refractivity contribution is 7.89. The number of benzene rings is 2. The first-order valence-corrected chi connectivity index (χ1v) is 14.0. The van der Waals surface area contributed by atoms with E-state index in [1.54, 1.807) is 30.3 Å². The number of amides is 1. The molecule has 8 nitrogen and oxygen atoms in total. The van der Waals surface area contributed by atoms with Gasteiger partial charge in [0.05, 0.1) is 34.5 Å². The van der Waals surface area contributed by atoms with E-state index in [0.29, 0.717) is 35.2 Å². The molecular formula is C26H26N4O4S2. The molecule has 0 bridgehead atoms. The topological polar surface area (TPSA) is 92.7 Å².